The predicted octanol–water partition coefficient (Wildman–Crippen LogP) is 5.89. The number of benzene rings is 3. The average Bonchev–Trinajstić information content (AvgIpc) is 2.89. The lowest BCUT2D eigenvalue weighted by molar-refractivity contribution is 0.0926. The van der Waals surface area contributed by atoms with E-state index in [1.165, 1.54) is 6.07 Å². The molecule has 0 N–H and O–H groups in total. The standard InChI is InChI=1S/C21H13Cl2NO3/c1-12-2-6-16(27-15-7-3-13(22)4-8-15)11-19(12)24-20(25)17-9-5-14(23)10-18(17)21(24)26/h2-11H,1H3. The summed E-state index contributed by atoms with van der Waals surface area (Å²) in [6.07, 6.45) is 0. The van der Waals surface area contributed by atoms with Crippen molar-refractivity contribution in [3.8, 4) is 11.5 Å². The highest BCUT2D eigenvalue weighted by Crippen LogP contribution is 2.35. The summed E-state index contributed by atoms with van der Waals surface area (Å²) in [6, 6.07) is 16.9. The maximum Gasteiger partial charge on any atom is 0.266 e. The van der Waals surface area contributed by atoms with Crippen LogP contribution in [0, 0.1) is 6.92 Å². The number of carbonyl (C=O) groups is 2. The van der Waals surface area contributed by atoms with Crippen LogP contribution in [-0.4, -0.2) is 11.8 Å². The van der Waals surface area contributed by atoms with Gasteiger partial charge in [-0.3, -0.25) is 9.59 Å². The zero-order valence-electron chi connectivity index (χ0n) is 14.2. The molecule has 1 aliphatic rings. The van der Waals surface area contributed by atoms with Gasteiger partial charge < -0.3 is 4.74 Å². The van der Waals surface area contributed by atoms with Gasteiger partial charge in [0.25, 0.3) is 11.8 Å². The van der Waals surface area contributed by atoms with E-state index in [0.717, 1.165) is 10.5 Å². The molecule has 0 aliphatic carbocycles. The lowest BCUT2D eigenvalue weighted by atomic mass is 10.1. The summed E-state index contributed by atoms with van der Waals surface area (Å²) in [5.41, 5.74) is 1.89. The molecule has 4 rings (SSSR count). The minimum atomic E-state index is -0.399. The number of amides is 2. The van der Waals surface area contributed by atoms with Gasteiger partial charge in [-0.2, -0.15) is 0 Å². The minimum absolute atomic E-state index is 0.302. The van der Waals surface area contributed by atoms with Crippen LogP contribution in [0.15, 0.2) is 60.7 Å². The molecule has 6 heteroatoms. The van der Waals surface area contributed by atoms with Crippen molar-refractivity contribution in [2.24, 2.45) is 0 Å². The number of anilines is 1. The highest BCUT2D eigenvalue weighted by atomic mass is 35.5. The quantitative estimate of drug-likeness (QED) is 0.517. The number of ether oxygens (including phenoxy) is 1. The molecule has 0 saturated carbocycles. The van der Waals surface area contributed by atoms with Crippen molar-refractivity contribution in [1.82, 2.24) is 0 Å². The summed E-state index contributed by atoms with van der Waals surface area (Å²) in [7, 11) is 0. The van der Waals surface area contributed by atoms with Gasteiger partial charge in [-0.25, -0.2) is 4.90 Å². The Hall–Kier alpha value is -2.82. The molecule has 0 aromatic heterocycles. The molecule has 134 valence electrons. The number of hydrogen-bond donors (Lipinski definition) is 0. The number of imide groups is 1. The molecular formula is C21H13Cl2NO3. The van der Waals surface area contributed by atoms with Crippen LogP contribution in [0.1, 0.15) is 26.3 Å². The van der Waals surface area contributed by atoms with Crippen LogP contribution in [-0.2, 0) is 0 Å². The molecule has 0 fully saturated rings. The van der Waals surface area contributed by atoms with E-state index in [9.17, 15) is 9.59 Å². The number of fused-ring (bicyclic) bond motifs is 1. The third-order valence-corrected chi connectivity index (χ3v) is 4.81. The van der Waals surface area contributed by atoms with E-state index >= 15 is 0 Å². The van der Waals surface area contributed by atoms with Gasteiger partial charge in [0.2, 0.25) is 0 Å². The topological polar surface area (TPSA) is 46.6 Å². The maximum absolute atomic E-state index is 12.8. The van der Waals surface area contributed by atoms with Crippen molar-refractivity contribution in [2.75, 3.05) is 4.90 Å². The Morgan fingerprint density at radius 1 is 0.741 bits per heavy atom. The zero-order valence-corrected chi connectivity index (χ0v) is 15.7. The predicted molar refractivity (Wildman–Crippen MR) is 105 cm³/mol. The summed E-state index contributed by atoms with van der Waals surface area (Å²) in [5, 5.41) is 1.02. The molecule has 3 aromatic rings. The number of nitrogens with zero attached hydrogens (tertiary/aromatic N) is 1. The minimum Gasteiger partial charge on any atom is -0.457 e. The van der Waals surface area contributed by atoms with Crippen molar-refractivity contribution in [3.63, 3.8) is 0 Å². The van der Waals surface area contributed by atoms with E-state index in [-0.39, 0.29) is 5.91 Å². The Balaban J connectivity index is 1.71. The fraction of sp³-hybridized carbons (Fsp3) is 0.0476. The molecule has 1 aliphatic heterocycles. The molecule has 27 heavy (non-hydrogen) atoms. The summed E-state index contributed by atoms with van der Waals surface area (Å²) in [5.74, 6) is 0.332. The van der Waals surface area contributed by atoms with Gasteiger partial charge >= 0.3 is 0 Å². The van der Waals surface area contributed by atoms with Crippen molar-refractivity contribution in [3.05, 3.63) is 87.4 Å². The Bertz CT molecular complexity index is 1080. The number of carbonyl (C=O) groups excluding carboxylic acids is 2. The molecule has 0 saturated heterocycles. The van der Waals surface area contributed by atoms with Gasteiger partial charge in [-0.1, -0.05) is 29.3 Å². The van der Waals surface area contributed by atoms with Crippen LogP contribution < -0.4 is 9.64 Å². The average molecular weight is 398 g/mol. The van der Waals surface area contributed by atoms with Gasteiger partial charge in [0, 0.05) is 16.1 Å². The smallest absolute Gasteiger partial charge is 0.266 e. The molecule has 0 unspecified atom stereocenters. The van der Waals surface area contributed by atoms with Crippen LogP contribution >= 0.6 is 23.2 Å². The van der Waals surface area contributed by atoms with Crippen molar-refractivity contribution in [1.29, 1.82) is 0 Å². The molecule has 4 nitrogen and oxygen atoms in total. The second-order valence-electron chi connectivity index (χ2n) is 6.14. The largest absolute Gasteiger partial charge is 0.457 e. The van der Waals surface area contributed by atoms with Gasteiger partial charge in [-0.15, -0.1) is 0 Å². The van der Waals surface area contributed by atoms with Crippen LogP contribution in [0.5, 0.6) is 11.5 Å². The van der Waals surface area contributed by atoms with Gasteiger partial charge in [0.05, 0.1) is 16.8 Å². The highest BCUT2D eigenvalue weighted by Gasteiger charge is 2.37. The second-order valence-corrected chi connectivity index (χ2v) is 7.01. The van der Waals surface area contributed by atoms with E-state index < -0.39 is 5.91 Å². The van der Waals surface area contributed by atoms with Crippen molar-refractivity contribution < 1.29 is 14.3 Å². The zero-order chi connectivity index (χ0) is 19.1. The van der Waals surface area contributed by atoms with Crippen LogP contribution in [0.25, 0.3) is 0 Å². The monoisotopic (exact) mass is 397 g/mol. The molecule has 0 atom stereocenters. The first-order chi connectivity index (χ1) is 12.9. The van der Waals surface area contributed by atoms with E-state index in [2.05, 4.69) is 0 Å². The SMILES string of the molecule is Cc1ccc(Oc2ccc(Cl)cc2)cc1N1C(=O)c2ccc(Cl)cc2C1=O. The summed E-state index contributed by atoms with van der Waals surface area (Å²) in [4.78, 5) is 26.8. The van der Waals surface area contributed by atoms with E-state index in [4.69, 9.17) is 27.9 Å². The van der Waals surface area contributed by atoms with Crippen LogP contribution in [0.4, 0.5) is 5.69 Å². The summed E-state index contributed by atoms with van der Waals surface area (Å²) in [6.45, 7) is 1.83. The third-order valence-electron chi connectivity index (χ3n) is 4.32. The van der Waals surface area contributed by atoms with Gasteiger partial charge in [-0.05, 0) is 61.0 Å². The third kappa shape index (κ3) is 3.18. The molecule has 0 bridgehead atoms. The lowest BCUT2D eigenvalue weighted by Gasteiger charge is -2.18. The number of hydrogen-bond acceptors (Lipinski definition) is 3. The number of halogens is 2. The second kappa shape index (κ2) is 6.72. The lowest BCUT2D eigenvalue weighted by Crippen LogP contribution is -2.30. The normalized spacial score (nSPS) is 13.1. The summed E-state index contributed by atoms with van der Waals surface area (Å²) < 4.78 is 5.83. The van der Waals surface area contributed by atoms with E-state index in [1.54, 1.807) is 54.6 Å². The highest BCUT2D eigenvalue weighted by molar-refractivity contribution is 6.37. The molecule has 2 amide bonds. The fourth-order valence-electron chi connectivity index (χ4n) is 2.96. The summed E-state index contributed by atoms with van der Waals surface area (Å²) >= 11 is 11.9. The Morgan fingerprint density at radius 3 is 2.11 bits per heavy atom. The van der Waals surface area contributed by atoms with Gasteiger partial charge in [0.1, 0.15) is 11.5 Å². The number of aryl methyl sites for hydroxylation is 1. The first-order valence-corrected chi connectivity index (χ1v) is 8.92. The maximum atomic E-state index is 12.8. The fourth-order valence-corrected chi connectivity index (χ4v) is 3.26. The van der Waals surface area contributed by atoms with E-state index in [0.29, 0.717) is 38.4 Å². The van der Waals surface area contributed by atoms with Crippen LogP contribution in [0.2, 0.25) is 10.0 Å². The van der Waals surface area contributed by atoms with Crippen LogP contribution in [0.3, 0.4) is 0 Å². The van der Waals surface area contributed by atoms with E-state index in [1.807, 2.05) is 6.92 Å². The Labute approximate surface area is 165 Å². The number of rotatable bonds is 3. The van der Waals surface area contributed by atoms with Crippen molar-refractivity contribution in [2.45, 2.75) is 6.92 Å². The van der Waals surface area contributed by atoms with Crippen molar-refractivity contribution >= 4 is 40.7 Å². The van der Waals surface area contributed by atoms with Gasteiger partial charge in [0.15, 0.2) is 0 Å². The molecule has 0 spiro atoms. The molecule has 3 aromatic carbocycles. The molecule has 0 radical (unpaired) electrons. The first-order valence-electron chi connectivity index (χ1n) is 8.16. The molecular weight excluding hydrogens is 385 g/mol. The Kier molecular flexibility index (Phi) is 4.38. The molecule has 1 heterocycles. The first kappa shape index (κ1) is 17.6. The Morgan fingerprint density at radius 2 is 1.37 bits per heavy atom.